The van der Waals surface area contributed by atoms with E-state index in [1.165, 1.54) is 0 Å². The molecule has 1 amide bonds. The van der Waals surface area contributed by atoms with Crippen molar-refractivity contribution in [3.63, 3.8) is 0 Å². The van der Waals surface area contributed by atoms with Crippen LogP contribution in [0.4, 0.5) is 11.8 Å². The van der Waals surface area contributed by atoms with E-state index in [1.807, 2.05) is 23.1 Å². The van der Waals surface area contributed by atoms with Gasteiger partial charge >= 0.3 is 5.97 Å². The molecule has 4 rings (SSSR count). The van der Waals surface area contributed by atoms with Crippen molar-refractivity contribution < 1.29 is 14.3 Å². The Bertz CT molecular complexity index is 842. The molecule has 2 fully saturated rings. The van der Waals surface area contributed by atoms with E-state index in [1.54, 1.807) is 29.6 Å². The molecule has 1 atom stereocenters. The average Bonchev–Trinajstić information content (AvgIpc) is 2.83. The highest BCUT2D eigenvalue weighted by atomic mass is 16.5. The van der Waals surface area contributed by atoms with Gasteiger partial charge in [-0.3, -0.25) is 4.79 Å². The third-order valence-electron chi connectivity index (χ3n) is 5.53. The first-order valence-electron chi connectivity index (χ1n) is 10.4. The van der Waals surface area contributed by atoms with Gasteiger partial charge in [-0.15, -0.1) is 0 Å². The minimum absolute atomic E-state index is 0.164. The number of esters is 1. The van der Waals surface area contributed by atoms with Gasteiger partial charge in [0, 0.05) is 51.3 Å². The second kappa shape index (κ2) is 9.51. The third kappa shape index (κ3) is 4.67. The fourth-order valence-electron chi connectivity index (χ4n) is 3.90. The second-order valence-corrected chi connectivity index (χ2v) is 7.42. The number of carbonyl (C=O) groups is 2. The second-order valence-electron chi connectivity index (χ2n) is 7.42. The maximum atomic E-state index is 12.7. The molecule has 158 valence electrons. The zero-order valence-corrected chi connectivity index (χ0v) is 16.9. The number of amides is 1. The normalized spacial score (nSPS) is 19.5. The molecule has 0 aliphatic carbocycles. The summed E-state index contributed by atoms with van der Waals surface area (Å²) in [4.78, 5) is 43.9. The zero-order chi connectivity index (χ0) is 20.8. The Morgan fingerprint density at radius 1 is 0.933 bits per heavy atom. The van der Waals surface area contributed by atoms with Crippen LogP contribution in [0.3, 0.4) is 0 Å². The molecule has 0 bridgehead atoms. The lowest BCUT2D eigenvalue weighted by Crippen LogP contribution is -2.51. The lowest BCUT2D eigenvalue weighted by molar-refractivity contribution is -0.153. The Kier molecular flexibility index (Phi) is 6.36. The quantitative estimate of drug-likeness (QED) is 0.678. The Hall–Kier alpha value is -3.23. The fraction of sp³-hybridized carbons (Fsp3) is 0.476. The van der Waals surface area contributed by atoms with E-state index in [4.69, 9.17) is 4.74 Å². The molecular weight excluding hydrogens is 384 g/mol. The minimum Gasteiger partial charge on any atom is -0.454 e. The number of hydrogen-bond acceptors (Lipinski definition) is 8. The minimum atomic E-state index is -0.449. The summed E-state index contributed by atoms with van der Waals surface area (Å²) in [6.07, 6.45) is 7.67. The Morgan fingerprint density at radius 3 is 2.43 bits per heavy atom. The number of nitrogens with zero attached hydrogens (tertiary/aromatic N) is 6. The molecule has 2 aliphatic rings. The molecule has 9 nitrogen and oxygen atoms in total. The molecule has 2 aromatic rings. The summed E-state index contributed by atoms with van der Waals surface area (Å²) >= 11 is 0. The van der Waals surface area contributed by atoms with Crippen molar-refractivity contribution >= 4 is 23.6 Å². The molecule has 2 aromatic heterocycles. The van der Waals surface area contributed by atoms with Crippen LogP contribution in [0, 0.1) is 0 Å². The van der Waals surface area contributed by atoms with Crippen molar-refractivity contribution in [2.75, 3.05) is 49.1 Å². The van der Waals surface area contributed by atoms with E-state index in [0.29, 0.717) is 45.1 Å². The summed E-state index contributed by atoms with van der Waals surface area (Å²) in [7, 11) is 0. The summed E-state index contributed by atoms with van der Waals surface area (Å²) in [5.41, 5.74) is 0. The van der Waals surface area contributed by atoms with Crippen LogP contribution >= 0.6 is 0 Å². The van der Waals surface area contributed by atoms with E-state index < -0.39 is 6.04 Å². The highest BCUT2D eigenvalue weighted by molar-refractivity contribution is 5.84. The maximum absolute atomic E-state index is 12.7. The van der Waals surface area contributed by atoms with Crippen molar-refractivity contribution in [2.45, 2.75) is 25.3 Å². The smallest absolute Gasteiger partial charge is 0.329 e. The standard InChI is InChI=1S/C21H26N6O3/c28-19(26-14-12-25(13-15-26)18-7-1-3-8-22-18)16-30-20(29)17-6-2-4-11-27(17)21-23-9-5-10-24-21/h1,3,5,7-10,17H,2,4,6,11-16H2. The van der Waals surface area contributed by atoms with Gasteiger partial charge in [0.05, 0.1) is 0 Å². The van der Waals surface area contributed by atoms with Gasteiger partial charge in [-0.1, -0.05) is 6.07 Å². The summed E-state index contributed by atoms with van der Waals surface area (Å²) in [5, 5.41) is 0. The van der Waals surface area contributed by atoms with E-state index in [9.17, 15) is 9.59 Å². The molecule has 0 radical (unpaired) electrons. The number of anilines is 2. The van der Waals surface area contributed by atoms with E-state index >= 15 is 0 Å². The number of hydrogen-bond donors (Lipinski definition) is 0. The first-order chi connectivity index (χ1) is 14.7. The van der Waals surface area contributed by atoms with E-state index in [2.05, 4.69) is 19.9 Å². The summed E-state index contributed by atoms with van der Waals surface area (Å²) in [6, 6.07) is 7.09. The molecule has 0 aromatic carbocycles. The van der Waals surface area contributed by atoms with Gasteiger partial charge in [-0.25, -0.2) is 19.7 Å². The molecule has 30 heavy (non-hydrogen) atoms. The topological polar surface area (TPSA) is 91.8 Å². The molecule has 0 saturated carbocycles. The van der Waals surface area contributed by atoms with Crippen LogP contribution < -0.4 is 9.80 Å². The number of ether oxygens (including phenoxy) is 1. The first-order valence-corrected chi connectivity index (χ1v) is 10.4. The van der Waals surface area contributed by atoms with Gasteiger partial charge in [-0.2, -0.15) is 0 Å². The van der Waals surface area contributed by atoms with Crippen molar-refractivity contribution in [3.8, 4) is 0 Å². The number of aromatic nitrogens is 3. The predicted molar refractivity (Wildman–Crippen MR) is 111 cm³/mol. The molecular formula is C21H26N6O3. The number of rotatable bonds is 5. The van der Waals surface area contributed by atoms with Gasteiger partial charge in [-0.05, 0) is 37.5 Å². The van der Waals surface area contributed by atoms with Crippen molar-refractivity contribution in [2.24, 2.45) is 0 Å². The Labute approximate surface area is 175 Å². The number of pyridine rings is 1. The Balaban J connectivity index is 1.28. The van der Waals surface area contributed by atoms with Crippen molar-refractivity contribution in [3.05, 3.63) is 42.9 Å². The molecule has 2 saturated heterocycles. The maximum Gasteiger partial charge on any atom is 0.329 e. The Morgan fingerprint density at radius 2 is 1.70 bits per heavy atom. The third-order valence-corrected chi connectivity index (χ3v) is 5.53. The van der Waals surface area contributed by atoms with Crippen molar-refractivity contribution in [1.29, 1.82) is 0 Å². The molecule has 2 aliphatic heterocycles. The van der Waals surface area contributed by atoms with Crippen LogP contribution in [0.25, 0.3) is 0 Å². The average molecular weight is 410 g/mol. The number of carbonyl (C=O) groups excluding carboxylic acids is 2. The SMILES string of the molecule is O=C(OCC(=O)N1CCN(c2ccccn2)CC1)C1CCCCN1c1ncccn1. The molecule has 4 heterocycles. The van der Waals surface area contributed by atoms with Crippen LogP contribution in [0.5, 0.6) is 0 Å². The predicted octanol–water partition coefficient (Wildman–Crippen LogP) is 1.12. The summed E-state index contributed by atoms with van der Waals surface area (Å²) in [5.74, 6) is 0.887. The lowest BCUT2D eigenvalue weighted by atomic mass is 10.0. The van der Waals surface area contributed by atoms with Gasteiger partial charge in [0.1, 0.15) is 11.9 Å². The van der Waals surface area contributed by atoms with Crippen LogP contribution in [0.2, 0.25) is 0 Å². The highest BCUT2D eigenvalue weighted by Gasteiger charge is 2.32. The summed E-state index contributed by atoms with van der Waals surface area (Å²) < 4.78 is 5.41. The largest absolute Gasteiger partial charge is 0.454 e. The van der Waals surface area contributed by atoms with Gasteiger partial charge in [0.15, 0.2) is 6.61 Å². The van der Waals surface area contributed by atoms with E-state index in [0.717, 1.165) is 18.7 Å². The van der Waals surface area contributed by atoms with Gasteiger partial charge < -0.3 is 19.4 Å². The van der Waals surface area contributed by atoms with Gasteiger partial charge in [0.25, 0.3) is 5.91 Å². The highest BCUT2D eigenvalue weighted by Crippen LogP contribution is 2.22. The first kappa shape index (κ1) is 20.1. The van der Waals surface area contributed by atoms with Crippen LogP contribution in [0.15, 0.2) is 42.9 Å². The van der Waals surface area contributed by atoms with Gasteiger partial charge in [0.2, 0.25) is 5.95 Å². The fourth-order valence-corrected chi connectivity index (χ4v) is 3.90. The van der Waals surface area contributed by atoms with E-state index in [-0.39, 0.29) is 18.5 Å². The zero-order valence-electron chi connectivity index (χ0n) is 16.9. The molecule has 0 N–H and O–H groups in total. The molecule has 9 heteroatoms. The van der Waals surface area contributed by atoms with Crippen molar-refractivity contribution in [1.82, 2.24) is 19.9 Å². The van der Waals surface area contributed by atoms with Crippen LogP contribution in [-0.2, 0) is 14.3 Å². The van der Waals surface area contributed by atoms with Crippen LogP contribution in [0.1, 0.15) is 19.3 Å². The lowest BCUT2D eigenvalue weighted by Gasteiger charge is -2.36. The number of piperazine rings is 1. The molecule has 1 unspecified atom stereocenters. The van der Waals surface area contributed by atoms with Crippen LogP contribution in [-0.4, -0.2) is 77.1 Å². The monoisotopic (exact) mass is 410 g/mol. The molecule has 0 spiro atoms. The summed E-state index contributed by atoms with van der Waals surface area (Å²) in [6.45, 7) is 3.05. The number of piperidine rings is 1.